The van der Waals surface area contributed by atoms with Crippen molar-refractivity contribution in [2.24, 2.45) is 0 Å². The molecule has 0 aliphatic heterocycles. The topological polar surface area (TPSA) is 51.2 Å². The van der Waals surface area contributed by atoms with Crippen LogP contribution in [0.5, 0.6) is 5.75 Å². The minimum absolute atomic E-state index is 0.0311. The lowest BCUT2D eigenvalue weighted by Crippen LogP contribution is -2.14. The van der Waals surface area contributed by atoms with Crippen LogP contribution in [0.1, 0.15) is 22.3 Å². The molecule has 0 aliphatic carbocycles. The van der Waals surface area contributed by atoms with Crippen molar-refractivity contribution in [2.45, 2.75) is 19.8 Å². The molecule has 0 radical (unpaired) electrons. The van der Waals surface area contributed by atoms with Crippen molar-refractivity contribution in [3.63, 3.8) is 0 Å². The summed E-state index contributed by atoms with van der Waals surface area (Å²) in [5.41, 5.74) is 5.21. The van der Waals surface area contributed by atoms with Crippen LogP contribution in [0.2, 0.25) is 0 Å². The van der Waals surface area contributed by atoms with Crippen LogP contribution in [-0.2, 0) is 17.6 Å². The maximum Gasteiger partial charge on any atom is 0.228 e. The second kappa shape index (κ2) is 8.30. The molecule has 1 heterocycles. The standard InChI is InChI=1S/C22H22N2O2/c1-16-13-19(5-8-21(16)26-2)15-22(25)24-20-6-3-17(4-7-20)14-18-9-11-23-12-10-18/h3-13H,14-15H2,1-2H3,(H,24,25). The third kappa shape index (κ3) is 4.70. The molecule has 4 nitrogen and oxygen atoms in total. The Morgan fingerprint density at radius 3 is 2.27 bits per heavy atom. The second-order valence-corrected chi connectivity index (χ2v) is 6.26. The van der Waals surface area contributed by atoms with Gasteiger partial charge in [-0.25, -0.2) is 0 Å². The normalized spacial score (nSPS) is 10.4. The predicted molar refractivity (Wildman–Crippen MR) is 104 cm³/mol. The zero-order valence-electron chi connectivity index (χ0n) is 15.0. The van der Waals surface area contributed by atoms with Crippen LogP contribution in [0.25, 0.3) is 0 Å². The lowest BCUT2D eigenvalue weighted by atomic mass is 10.1. The van der Waals surface area contributed by atoms with Gasteiger partial charge in [-0.2, -0.15) is 0 Å². The first kappa shape index (κ1) is 17.7. The Morgan fingerprint density at radius 2 is 1.62 bits per heavy atom. The number of methoxy groups -OCH3 is 1. The van der Waals surface area contributed by atoms with Crippen LogP contribution in [0.4, 0.5) is 5.69 Å². The molecule has 0 aliphatic rings. The number of pyridine rings is 1. The lowest BCUT2D eigenvalue weighted by molar-refractivity contribution is -0.115. The first-order valence-electron chi connectivity index (χ1n) is 8.55. The number of amides is 1. The first-order chi connectivity index (χ1) is 12.6. The van der Waals surface area contributed by atoms with Gasteiger partial charge in [0.2, 0.25) is 5.91 Å². The van der Waals surface area contributed by atoms with Crippen molar-refractivity contribution in [1.82, 2.24) is 4.98 Å². The number of aromatic nitrogens is 1. The smallest absolute Gasteiger partial charge is 0.228 e. The molecule has 0 unspecified atom stereocenters. The molecule has 2 aromatic carbocycles. The van der Waals surface area contributed by atoms with Crippen molar-refractivity contribution < 1.29 is 9.53 Å². The molecular formula is C22H22N2O2. The molecule has 4 heteroatoms. The van der Waals surface area contributed by atoms with Gasteiger partial charge in [-0.05, 0) is 65.9 Å². The molecule has 1 N–H and O–H groups in total. The number of rotatable bonds is 6. The van der Waals surface area contributed by atoms with Gasteiger partial charge in [0.05, 0.1) is 13.5 Å². The van der Waals surface area contributed by atoms with Crippen LogP contribution in [0.3, 0.4) is 0 Å². The average Bonchev–Trinajstić information content (AvgIpc) is 2.64. The Hall–Kier alpha value is -3.14. The predicted octanol–water partition coefficient (Wildman–Crippen LogP) is 4.17. The summed E-state index contributed by atoms with van der Waals surface area (Å²) in [4.78, 5) is 16.3. The van der Waals surface area contributed by atoms with E-state index in [0.29, 0.717) is 6.42 Å². The Kier molecular flexibility index (Phi) is 5.64. The number of benzene rings is 2. The Bertz CT molecular complexity index is 874. The lowest BCUT2D eigenvalue weighted by Gasteiger charge is -2.09. The molecule has 0 spiro atoms. The summed E-state index contributed by atoms with van der Waals surface area (Å²) < 4.78 is 5.25. The monoisotopic (exact) mass is 346 g/mol. The molecule has 0 saturated carbocycles. The largest absolute Gasteiger partial charge is 0.496 e. The Morgan fingerprint density at radius 1 is 0.962 bits per heavy atom. The van der Waals surface area contributed by atoms with E-state index in [4.69, 9.17) is 4.74 Å². The van der Waals surface area contributed by atoms with Gasteiger partial charge in [0, 0.05) is 18.1 Å². The van der Waals surface area contributed by atoms with Gasteiger partial charge in [-0.1, -0.05) is 24.3 Å². The molecule has 3 aromatic rings. The fourth-order valence-electron chi connectivity index (χ4n) is 2.88. The van der Waals surface area contributed by atoms with Gasteiger partial charge in [0.15, 0.2) is 0 Å². The van der Waals surface area contributed by atoms with E-state index in [9.17, 15) is 4.79 Å². The van der Waals surface area contributed by atoms with Crippen molar-refractivity contribution in [3.8, 4) is 5.75 Å². The SMILES string of the molecule is COc1ccc(CC(=O)Nc2ccc(Cc3ccncc3)cc2)cc1C. The van der Waals surface area contributed by atoms with Crippen molar-refractivity contribution in [3.05, 3.63) is 89.2 Å². The van der Waals surface area contributed by atoms with E-state index in [2.05, 4.69) is 10.3 Å². The quantitative estimate of drug-likeness (QED) is 0.729. The summed E-state index contributed by atoms with van der Waals surface area (Å²) in [7, 11) is 1.65. The number of ether oxygens (including phenoxy) is 1. The maximum atomic E-state index is 12.3. The highest BCUT2D eigenvalue weighted by atomic mass is 16.5. The fraction of sp³-hybridized carbons (Fsp3) is 0.182. The number of carbonyl (C=O) groups excluding carboxylic acids is 1. The summed E-state index contributed by atoms with van der Waals surface area (Å²) in [6.07, 6.45) is 4.78. The summed E-state index contributed by atoms with van der Waals surface area (Å²) in [5.74, 6) is 0.801. The molecule has 1 aromatic heterocycles. The van der Waals surface area contributed by atoms with Gasteiger partial charge < -0.3 is 10.1 Å². The fourth-order valence-corrected chi connectivity index (χ4v) is 2.88. The number of nitrogens with zero attached hydrogens (tertiary/aromatic N) is 1. The van der Waals surface area contributed by atoms with Crippen LogP contribution >= 0.6 is 0 Å². The summed E-state index contributed by atoms with van der Waals surface area (Å²) in [6, 6.07) is 17.8. The van der Waals surface area contributed by atoms with Crippen molar-refractivity contribution in [2.75, 3.05) is 12.4 Å². The summed E-state index contributed by atoms with van der Waals surface area (Å²) in [6.45, 7) is 1.97. The number of nitrogens with one attached hydrogen (secondary N) is 1. The summed E-state index contributed by atoms with van der Waals surface area (Å²) in [5, 5.41) is 2.95. The van der Waals surface area contributed by atoms with E-state index >= 15 is 0 Å². The van der Waals surface area contributed by atoms with Gasteiger partial charge in [0.1, 0.15) is 5.75 Å². The molecule has 132 valence electrons. The van der Waals surface area contributed by atoms with Crippen LogP contribution < -0.4 is 10.1 Å². The highest BCUT2D eigenvalue weighted by molar-refractivity contribution is 5.92. The van der Waals surface area contributed by atoms with Gasteiger partial charge in [0.25, 0.3) is 0 Å². The molecule has 26 heavy (non-hydrogen) atoms. The highest BCUT2D eigenvalue weighted by Gasteiger charge is 2.07. The first-order valence-corrected chi connectivity index (χ1v) is 8.55. The van der Waals surface area contributed by atoms with Crippen molar-refractivity contribution >= 4 is 11.6 Å². The highest BCUT2D eigenvalue weighted by Crippen LogP contribution is 2.19. The van der Waals surface area contributed by atoms with E-state index in [1.165, 1.54) is 11.1 Å². The van der Waals surface area contributed by atoms with Gasteiger partial charge in [-0.15, -0.1) is 0 Å². The second-order valence-electron chi connectivity index (χ2n) is 6.26. The van der Waals surface area contributed by atoms with Crippen LogP contribution in [0, 0.1) is 6.92 Å². The molecule has 0 fully saturated rings. The average molecular weight is 346 g/mol. The number of anilines is 1. The third-order valence-electron chi connectivity index (χ3n) is 4.22. The minimum atomic E-state index is -0.0311. The molecular weight excluding hydrogens is 324 g/mol. The maximum absolute atomic E-state index is 12.3. The minimum Gasteiger partial charge on any atom is -0.496 e. The number of aryl methyl sites for hydroxylation is 1. The molecule has 0 saturated heterocycles. The molecule has 0 atom stereocenters. The molecule has 0 bridgehead atoms. The molecule has 3 rings (SSSR count). The summed E-state index contributed by atoms with van der Waals surface area (Å²) >= 11 is 0. The number of carbonyl (C=O) groups is 1. The number of hydrogen-bond acceptors (Lipinski definition) is 3. The van der Waals surface area contributed by atoms with Crippen LogP contribution in [0.15, 0.2) is 67.0 Å². The van der Waals surface area contributed by atoms with Crippen LogP contribution in [-0.4, -0.2) is 18.0 Å². The Labute approximate surface area is 153 Å². The van der Waals surface area contributed by atoms with Gasteiger partial charge in [-0.3, -0.25) is 9.78 Å². The number of hydrogen-bond donors (Lipinski definition) is 1. The third-order valence-corrected chi connectivity index (χ3v) is 4.22. The van der Waals surface area contributed by atoms with E-state index in [0.717, 1.165) is 29.0 Å². The zero-order chi connectivity index (χ0) is 18.4. The van der Waals surface area contributed by atoms with E-state index < -0.39 is 0 Å². The van der Waals surface area contributed by atoms with Gasteiger partial charge >= 0.3 is 0 Å². The van der Waals surface area contributed by atoms with E-state index in [1.807, 2.05) is 61.5 Å². The van der Waals surface area contributed by atoms with E-state index in [1.54, 1.807) is 19.5 Å². The van der Waals surface area contributed by atoms with E-state index in [-0.39, 0.29) is 5.91 Å². The van der Waals surface area contributed by atoms with Crippen molar-refractivity contribution in [1.29, 1.82) is 0 Å². The molecule has 1 amide bonds. The zero-order valence-corrected chi connectivity index (χ0v) is 15.0. The Balaban J connectivity index is 1.58.